The van der Waals surface area contributed by atoms with Gasteiger partial charge in [-0.15, -0.1) is 0 Å². The number of piperazine rings is 1. The lowest BCUT2D eigenvalue weighted by Gasteiger charge is -2.34. The van der Waals surface area contributed by atoms with Gasteiger partial charge in [-0.25, -0.2) is 8.78 Å². The first-order chi connectivity index (χ1) is 9.02. The average molecular weight is 270 g/mol. The van der Waals surface area contributed by atoms with E-state index >= 15 is 0 Å². The van der Waals surface area contributed by atoms with E-state index in [2.05, 4.69) is 4.90 Å². The minimum atomic E-state index is -0.511. The number of hydrogen-bond donors (Lipinski definition) is 0. The topological polar surface area (TPSA) is 15.7 Å². The van der Waals surface area contributed by atoms with Crippen molar-refractivity contribution >= 4 is 5.69 Å². The summed E-state index contributed by atoms with van der Waals surface area (Å²) < 4.78 is 33.4. The van der Waals surface area contributed by atoms with Gasteiger partial charge in [-0.2, -0.15) is 0 Å². The Hall–Kier alpha value is -1.20. The zero-order valence-corrected chi connectivity index (χ0v) is 11.6. The highest BCUT2D eigenvalue weighted by molar-refractivity contribution is 5.51. The number of likely N-dealkylation sites (N-methyl/N-ethyl adjacent to an activating group) is 1. The summed E-state index contributed by atoms with van der Waals surface area (Å²) >= 11 is 0. The highest BCUT2D eigenvalue weighted by Gasteiger charge is 2.22. The average Bonchev–Trinajstić information content (AvgIpc) is 2.39. The summed E-state index contributed by atoms with van der Waals surface area (Å²) in [5, 5.41) is 0. The molecule has 1 aliphatic rings. The predicted octanol–water partition coefficient (Wildman–Crippen LogP) is 2.42. The Labute approximate surface area is 112 Å². The Balaban J connectivity index is 2.26. The van der Waals surface area contributed by atoms with Gasteiger partial charge < -0.3 is 14.5 Å². The van der Waals surface area contributed by atoms with Gasteiger partial charge >= 0.3 is 0 Å². The molecule has 0 aliphatic carbocycles. The molecule has 106 valence electrons. The van der Waals surface area contributed by atoms with Crippen molar-refractivity contribution < 1.29 is 13.5 Å². The van der Waals surface area contributed by atoms with E-state index in [1.807, 2.05) is 7.05 Å². The molecule has 0 N–H and O–H groups in total. The molecule has 1 aromatic carbocycles. The van der Waals surface area contributed by atoms with E-state index in [1.54, 1.807) is 11.8 Å². The third-order valence-corrected chi connectivity index (χ3v) is 3.68. The van der Waals surface area contributed by atoms with Crippen LogP contribution in [0.4, 0.5) is 14.5 Å². The summed E-state index contributed by atoms with van der Waals surface area (Å²) in [5.41, 5.74) is 0.607. The van der Waals surface area contributed by atoms with Gasteiger partial charge in [0.25, 0.3) is 0 Å². The van der Waals surface area contributed by atoms with E-state index in [9.17, 15) is 8.78 Å². The molecule has 1 unspecified atom stereocenters. The first kappa shape index (κ1) is 14.2. The number of halogens is 2. The molecule has 19 heavy (non-hydrogen) atoms. The van der Waals surface area contributed by atoms with E-state index in [-0.39, 0.29) is 11.8 Å². The van der Waals surface area contributed by atoms with Crippen LogP contribution >= 0.6 is 0 Å². The van der Waals surface area contributed by atoms with Crippen molar-refractivity contribution in [3.63, 3.8) is 0 Å². The molecule has 0 aromatic heterocycles. The maximum absolute atomic E-state index is 14.1. The van der Waals surface area contributed by atoms with Gasteiger partial charge in [0.2, 0.25) is 0 Å². The Morgan fingerprint density at radius 3 is 2.11 bits per heavy atom. The molecule has 5 heteroatoms. The summed E-state index contributed by atoms with van der Waals surface area (Å²) in [7, 11) is 3.53. The van der Waals surface area contributed by atoms with E-state index < -0.39 is 11.6 Å². The zero-order valence-electron chi connectivity index (χ0n) is 11.6. The summed E-state index contributed by atoms with van der Waals surface area (Å²) in [6.45, 7) is 4.68. The molecule has 0 spiro atoms. The molecular formula is C14H20F2N2O. The fourth-order valence-electron chi connectivity index (χ4n) is 2.29. The molecule has 0 saturated carbocycles. The maximum Gasteiger partial charge on any atom is 0.149 e. The van der Waals surface area contributed by atoms with Crippen LogP contribution in [-0.4, -0.2) is 45.2 Å². The standard InChI is InChI=1S/C14H20F2N2O/c1-10(19-3)11-8-12(15)14(13(16)9-11)18-6-4-17(2)5-7-18/h8-10H,4-7H2,1-3H3. The van der Waals surface area contributed by atoms with Crippen molar-refractivity contribution in [2.75, 3.05) is 45.2 Å². The second-order valence-corrected chi connectivity index (χ2v) is 5.00. The van der Waals surface area contributed by atoms with E-state index in [0.717, 1.165) is 13.1 Å². The highest BCUT2D eigenvalue weighted by Crippen LogP contribution is 2.28. The van der Waals surface area contributed by atoms with Gasteiger partial charge in [0, 0.05) is 33.3 Å². The largest absolute Gasteiger partial charge is 0.377 e. The first-order valence-electron chi connectivity index (χ1n) is 6.48. The van der Waals surface area contributed by atoms with Crippen LogP contribution in [0.5, 0.6) is 0 Å². The Morgan fingerprint density at radius 1 is 1.11 bits per heavy atom. The fourth-order valence-corrected chi connectivity index (χ4v) is 2.29. The maximum atomic E-state index is 14.1. The number of methoxy groups -OCH3 is 1. The van der Waals surface area contributed by atoms with Crippen LogP contribution in [-0.2, 0) is 4.74 Å². The van der Waals surface area contributed by atoms with E-state index in [0.29, 0.717) is 18.7 Å². The summed E-state index contributed by atoms with van der Waals surface area (Å²) in [4.78, 5) is 3.92. The summed E-state index contributed by atoms with van der Waals surface area (Å²) in [6, 6.07) is 2.73. The molecule has 0 bridgehead atoms. The Kier molecular flexibility index (Phi) is 4.37. The fraction of sp³-hybridized carbons (Fsp3) is 0.571. The number of nitrogens with zero attached hydrogens (tertiary/aromatic N) is 2. The van der Waals surface area contributed by atoms with Gasteiger partial charge in [0.05, 0.1) is 6.10 Å². The monoisotopic (exact) mass is 270 g/mol. The van der Waals surface area contributed by atoms with Crippen LogP contribution in [0.3, 0.4) is 0 Å². The minimum Gasteiger partial charge on any atom is -0.377 e. The smallest absolute Gasteiger partial charge is 0.149 e. The molecule has 1 saturated heterocycles. The van der Waals surface area contributed by atoms with Gasteiger partial charge in [-0.3, -0.25) is 0 Å². The second-order valence-electron chi connectivity index (χ2n) is 5.00. The summed E-state index contributed by atoms with van der Waals surface area (Å²) in [5.74, 6) is -1.02. The van der Waals surface area contributed by atoms with Crippen molar-refractivity contribution in [1.29, 1.82) is 0 Å². The highest BCUT2D eigenvalue weighted by atomic mass is 19.1. The van der Waals surface area contributed by atoms with Crippen LogP contribution in [0, 0.1) is 11.6 Å². The normalized spacial score (nSPS) is 18.7. The van der Waals surface area contributed by atoms with Gasteiger partial charge in [0.15, 0.2) is 0 Å². The molecular weight excluding hydrogens is 250 g/mol. The molecule has 1 aromatic rings. The lowest BCUT2D eigenvalue weighted by Crippen LogP contribution is -2.45. The molecule has 1 heterocycles. The number of rotatable bonds is 3. The quantitative estimate of drug-likeness (QED) is 0.839. The zero-order chi connectivity index (χ0) is 14.0. The van der Waals surface area contributed by atoms with Gasteiger partial charge in [0.1, 0.15) is 17.3 Å². The Morgan fingerprint density at radius 2 is 1.63 bits per heavy atom. The van der Waals surface area contributed by atoms with Crippen LogP contribution in [0.25, 0.3) is 0 Å². The van der Waals surface area contributed by atoms with Crippen molar-refractivity contribution in [1.82, 2.24) is 4.90 Å². The van der Waals surface area contributed by atoms with Crippen LogP contribution in [0.1, 0.15) is 18.6 Å². The van der Waals surface area contributed by atoms with Crippen LogP contribution in [0.15, 0.2) is 12.1 Å². The van der Waals surface area contributed by atoms with Crippen LogP contribution in [0.2, 0.25) is 0 Å². The van der Waals surface area contributed by atoms with Crippen molar-refractivity contribution in [3.8, 4) is 0 Å². The van der Waals surface area contributed by atoms with E-state index in [1.165, 1.54) is 19.2 Å². The lowest BCUT2D eigenvalue weighted by atomic mass is 10.1. The molecule has 1 atom stereocenters. The minimum absolute atomic E-state index is 0.0835. The molecule has 0 radical (unpaired) electrons. The van der Waals surface area contributed by atoms with Crippen LogP contribution < -0.4 is 4.90 Å². The number of hydrogen-bond acceptors (Lipinski definition) is 3. The van der Waals surface area contributed by atoms with Gasteiger partial charge in [-0.05, 0) is 31.7 Å². The lowest BCUT2D eigenvalue weighted by molar-refractivity contribution is 0.119. The third kappa shape index (κ3) is 3.04. The second kappa shape index (κ2) is 5.84. The predicted molar refractivity (Wildman–Crippen MR) is 71.5 cm³/mol. The molecule has 2 rings (SSSR count). The molecule has 0 amide bonds. The van der Waals surface area contributed by atoms with Crippen molar-refractivity contribution in [2.45, 2.75) is 13.0 Å². The molecule has 1 fully saturated rings. The summed E-state index contributed by atoms with van der Waals surface area (Å²) in [6.07, 6.45) is -0.314. The number of benzene rings is 1. The SMILES string of the molecule is COC(C)c1cc(F)c(N2CCN(C)CC2)c(F)c1. The Bertz CT molecular complexity index is 422. The van der Waals surface area contributed by atoms with E-state index in [4.69, 9.17) is 4.74 Å². The molecule has 3 nitrogen and oxygen atoms in total. The number of anilines is 1. The van der Waals surface area contributed by atoms with Crippen molar-refractivity contribution in [2.24, 2.45) is 0 Å². The first-order valence-corrected chi connectivity index (χ1v) is 6.48. The van der Waals surface area contributed by atoms with Gasteiger partial charge in [-0.1, -0.05) is 0 Å². The molecule has 1 aliphatic heterocycles. The third-order valence-electron chi connectivity index (χ3n) is 3.68. The number of ether oxygens (including phenoxy) is 1. The van der Waals surface area contributed by atoms with Crippen molar-refractivity contribution in [3.05, 3.63) is 29.3 Å².